The number of aromatic nitrogens is 3. The Hall–Kier alpha value is -3.29. The molecule has 1 heterocycles. The van der Waals surface area contributed by atoms with Crippen molar-refractivity contribution in [2.24, 2.45) is 0 Å². The highest BCUT2D eigenvalue weighted by Crippen LogP contribution is 2.30. The second-order valence-electron chi connectivity index (χ2n) is 6.74. The Morgan fingerprint density at radius 1 is 1.00 bits per heavy atom. The maximum atomic E-state index is 12.4. The Balaban J connectivity index is 1.57. The number of carbonyl (C=O) groups is 1. The fourth-order valence-corrected chi connectivity index (χ4v) is 3.99. The molecule has 31 heavy (non-hydrogen) atoms. The van der Waals surface area contributed by atoms with Crippen molar-refractivity contribution in [3.05, 3.63) is 89.4 Å². The van der Waals surface area contributed by atoms with Gasteiger partial charge in [-0.05, 0) is 35.9 Å². The van der Waals surface area contributed by atoms with Gasteiger partial charge in [0.05, 0.1) is 17.9 Å². The summed E-state index contributed by atoms with van der Waals surface area (Å²) in [5, 5.41) is 22.9. The standard InChI is InChI=1S/C23H19ClN4O2S/c24-17-9-6-10-18(13-17)25-21(30)15-31-23-27-26-22(19-11-4-5-12-20(19)29)28(23)14-16-7-2-1-3-8-16/h1-13,29H,14-15H2,(H,25,30). The van der Waals surface area contributed by atoms with E-state index in [1.165, 1.54) is 11.8 Å². The van der Waals surface area contributed by atoms with Crippen LogP contribution in [0, 0.1) is 0 Å². The number of hydrogen-bond donors (Lipinski definition) is 2. The molecule has 8 heteroatoms. The minimum atomic E-state index is -0.175. The van der Waals surface area contributed by atoms with E-state index in [0.29, 0.717) is 33.8 Å². The van der Waals surface area contributed by atoms with Crippen molar-refractivity contribution in [1.29, 1.82) is 0 Å². The van der Waals surface area contributed by atoms with E-state index in [1.54, 1.807) is 42.5 Å². The summed E-state index contributed by atoms with van der Waals surface area (Å²) in [5.41, 5.74) is 2.28. The van der Waals surface area contributed by atoms with Crippen LogP contribution < -0.4 is 5.32 Å². The van der Waals surface area contributed by atoms with Crippen LogP contribution in [0.4, 0.5) is 5.69 Å². The van der Waals surface area contributed by atoms with Gasteiger partial charge < -0.3 is 10.4 Å². The third kappa shape index (κ3) is 5.25. The Bertz CT molecular complexity index is 1200. The molecule has 156 valence electrons. The molecule has 0 aliphatic rings. The first-order chi connectivity index (χ1) is 15.1. The number of amides is 1. The van der Waals surface area contributed by atoms with Crippen LogP contribution in [0.25, 0.3) is 11.4 Å². The van der Waals surface area contributed by atoms with Crippen LogP contribution in [-0.4, -0.2) is 31.5 Å². The molecular formula is C23H19ClN4O2S. The van der Waals surface area contributed by atoms with E-state index in [-0.39, 0.29) is 17.4 Å². The zero-order valence-corrected chi connectivity index (χ0v) is 18.0. The molecule has 0 saturated carbocycles. The minimum absolute atomic E-state index is 0.125. The van der Waals surface area contributed by atoms with Gasteiger partial charge in [-0.25, -0.2) is 0 Å². The molecule has 0 aliphatic carbocycles. The Morgan fingerprint density at radius 3 is 2.55 bits per heavy atom. The molecule has 1 amide bonds. The fraction of sp³-hybridized carbons (Fsp3) is 0.0870. The Labute approximate surface area is 188 Å². The minimum Gasteiger partial charge on any atom is -0.507 e. The molecule has 0 radical (unpaired) electrons. The van der Waals surface area contributed by atoms with Gasteiger partial charge in [0.1, 0.15) is 5.75 Å². The molecule has 0 unspecified atom stereocenters. The topological polar surface area (TPSA) is 80.0 Å². The average molecular weight is 451 g/mol. The number of anilines is 1. The second kappa shape index (κ2) is 9.68. The molecule has 3 aromatic carbocycles. The predicted molar refractivity (Wildman–Crippen MR) is 123 cm³/mol. The van der Waals surface area contributed by atoms with Crippen LogP contribution in [0.1, 0.15) is 5.56 Å². The van der Waals surface area contributed by atoms with Crippen LogP contribution >= 0.6 is 23.4 Å². The number of thioether (sulfide) groups is 1. The third-order valence-corrected chi connectivity index (χ3v) is 5.69. The maximum absolute atomic E-state index is 12.4. The number of halogens is 1. The number of phenolic OH excluding ortho intramolecular Hbond substituents is 1. The van der Waals surface area contributed by atoms with Crippen molar-refractivity contribution in [3.8, 4) is 17.1 Å². The third-order valence-electron chi connectivity index (χ3n) is 4.49. The summed E-state index contributed by atoms with van der Waals surface area (Å²) in [6.45, 7) is 0.510. The molecule has 0 spiro atoms. The number of rotatable bonds is 7. The first kappa shape index (κ1) is 21.0. The van der Waals surface area contributed by atoms with E-state index < -0.39 is 0 Å². The second-order valence-corrected chi connectivity index (χ2v) is 8.12. The number of hydrogen-bond acceptors (Lipinski definition) is 5. The number of aromatic hydroxyl groups is 1. The van der Waals surface area contributed by atoms with Crippen LogP contribution in [-0.2, 0) is 11.3 Å². The SMILES string of the molecule is O=C(CSc1nnc(-c2ccccc2O)n1Cc1ccccc1)Nc1cccc(Cl)c1. The number of nitrogens with zero attached hydrogens (tertiary/aromatic N) is 3. The zero-order chi connectivity index (χ0) is 21.6. The van der Waals surface area contributed by atoms with Crippen molar-refractivity contribution in [1.82, 2.24) is 14.8 Å². The lowest BCUT2D eigenvalue weighted by Gasteiger charge is -2.11. The molecule has 0 saturated heterocycles. The number of para-hydroxylation sites is 1. The molecule has 4 aromatic rings. The van der Waals surface area contributed by atoms with Crippen molar-refractivity contribution in [3.63, 3.8) is 0 Å². The highest BCUT2D eigenvalue weighted by atomic mass is 35.5. The van der Waals surface area contributed by atoms with E-state index in [4.69, 9.17) is 11.6 Å². The highest BCUT2D eigenvalue weighted by Gasteiger charge is 2.18. The summed E-state index contributed by atoms with van der Waals surface area (Å²) >= 11 is 7.26. The van der Waals surface area contributed by atoms with Crippen molar-refractivity contribution in [2.75, 3.05) is 11.1 Å². The molecule has 2 N–H and O–H groups in total. The van der Waals surface area contributed by atoms with Gasteiger partial charge in [-0.3, -0.25) is 9.36 Å². The molecule has 1 aromatic heterocycles. The lowest BCUT2D eigenvalue weighted by molar-refractivity contribution is -0.113. The molecule has 4 rings (SSSR count). The number of carbonyl (C=O) groups excluding carboxylic acids is 1. The lowest BCUT2D eigenvalue weighted by atomic mass is 10.1. The summed E-state index contributed by atoms with van der Waals surface area (Å²) in [4.78, 5) is 12.4. The zero-order valence-electron chi connectivity index (χ0n) is 16.4. The molecule has 0 bridgehead atoms. The molecule has 0 aliphatic heterocycles. The molecule has 6 nitrogen and oxygen atoms in total. The predicted octanol–water partition coefficient (Wildman–Crippen LogP) is 5.08. The number of nitrogens with one attached hydrogen (secondary N) is 1. The lowest BCUT2D eigenvalue weighted by Crippen LogP contribution is -2.14. The largest absolute Gasteiger partial charge is 0.507 e. The first-order valence-electron chi connectivity index (χ1n) is 9.54. The fourth-order valence-electron chi connectivity index (χ4n) is 3.06. The smallest absolute Gasteiger partial charge is 0.234 e. The van der Waals surface area contributed by atoms with Crippen molar-refractivity contribution in [2.45, 2.75) is 11.7 Å². The summed E-state index contributed by atoms with van der Waals surface area (Å²) in [6, 6.07) is 23.9. The van der Waals surface area contributed by atoms with Crippen molar-refractivity contribution >= 4 is 35.0 Å². The van der Waals surface area contributed by atoms with Gasteiger partial charge in [0, 0.05) is 10.7 Å². The highest BCUT2D eigenvalue weighted by molar-refractivity contribution is 7.99. The number of benzene rings is 3. The maximum Gasteiger partial charge on any atom is 0.234 e. The first-order valence-corrected chi connectivity index (χ1v) is 10.9. The molecule has 0 atom stereocenters. The van der Waals surface area contributed by atoms with Gasteiger partial charge in [-0.2, -0.15) is 0 Å². The van der Waals surface area contributed by atoms with E-state index in [2.05, 4.69) is 15.5 Å². The Morgan fingerprint density at radius 2 is 1.77 bits per heavy atom. The van der Waals surface area contributed by atoms with Crippen LogP contribution in [0.15, 0.2) is 84.0 Å². The van der Waals surface area contributed by atoms with Crippen LogP contribution in [0.3, 0.4) is 0 Å². The van der Waals surface area contributed by atoms with Gasteiger partial charge >= 0.3 is 0 Å². The van der Waals surface area contributed by atoms with E-state index in [9.17, 15) is 9.90 Å². The summed E-state index contributed by atoms with van der Waals surface area (Å²) in [5.74, 6) is 0.644. The normalized spacial score (nSPS) is 10.7. The van der Waals surface area contributed by atoms with E-state index >= 15 is 0 Å². The van der Waals surface area contributed by atoms with Gasteiger partial charge in [0.2, 0.25) is 5.91 Å². The Kier molecular flexibility index (Phi) is 6.54. The van der Waals surface area contributed by atoms with Crippen LogP contribution in [0.2, 0.25) is 5.02 Å². The summed E-state index contributed by atoms with van der Waals surface area (Å²) in [6.07, 6.45) is 0. The quantitative estimate of drug-likeness (QED) is 0.384. The monoisotopic (exact) mass is 450 g/mol. The van der Waals surface area contributed by atoms with Gasteiger partial charge in [0.25, 0.3) is 0 Å². The van der Waals surface area contributed by atoms with Crippen LogP contribution in [0.5, 0.6) is 5.75 Å². The summed E-state index contributed by atoms with van der Waals surface area (Å²) < 4.78 is 1.90. The van der Waals surface area contributed by atoms with E-state index in [0.717, 1.165) is 5.56 Å². The van der Waals surface area contributed by atoms with Crippen molar-refractivity contribution < 1.29 is 9.90 Å². The van der Waals surface area contributed by atoms with Gasteiger partial charge in [-0.1, -0.05) is 71.9 Å². The molecular weight excluding hydrogens is 432 g/mol. The average Bonchev–Trinajstić information content (AvgIpc) is 3.15. The van der Waals surface area contributed by atoms with E-state index in [1.807, 2.05) is 41.0 Å². The summed E-state index contributed by atoms with van der Waals surface area (Å²) in [7, 11) is 0. The van der Waals surface area contributed by atoms with Gasteiger partial charge in [0.15, 0.2) is 11.0 Å². The molecule has 0 fully saturated rings. The number of phenols is 1. The van der Waals surface area contributed by atoms with Gasteiger partial charge in [-0.15, -0.1) is 10.2 Å².